The zero-order chi connectivity index (χ0) is 18.4. The summed E-state index contributed by atoms with van der Waals surface area (Å²) < 4.78 is 0. The number of hydrogen-bond acceptors (Lipinski definition) is 3. The molecule has 5 nitrogen and oxygen atoms in total. The van der Waals surface area contributed by atoms with Gasteiger partial charge in [0.2, 0.25) is 0 Å². The lowest BCUT2D eigenvalue weighted by atomic mass is 10.2. The van der Waals surface area contributed by atoms with Gasteiger partial charge in [0, 0.05) is 28.9 Å². The van der Waals surface area contributed by atoms with Gasteiger partial charge < -0.3 is 10.6 Å². The maximum absolute atomic E-state index is 12.3. The van der Waals surface area contributed by atoms with Crippen LogP contribution in [0.25, 0.3) is 0 Å². The number of halogens is 1. The Hall–Kier alpha value is -3.18. The van der Waals surface area contributed by atoms with Gasteiger partial charge in [-0.1, -0.05) is 41.9 Å². The molecule has 0 atom stereocenters. The molecule has 0 saturated heterocycles. The lowest BCUT2D eigenvalue weighted by Crippen LogP contribution is -2.23. The highest BCUT2D eigenvalue weighted by Gasteiger charge is 2.10. The van der Waals surface area contributed by atoms with Gasteiger partial charge in [-0.3, -0.25) is 9.59 Å². The van der Waals surface area contributed by atoms with Crippen molar-refractivity contribution < 1.29 is 9.59 Å². The van der Waals surface area contributed by atoms with Crippen molar-refractivity contribution in [2.24, 2.45) is 0 Å². The molecule has 2 N–H and O–H groups in total. The summed E-state index contributed by atoms with van der Waals surface area (Å²) in [6, 6.07) is 19.2. The summed E-state index contributed by atoms with van der Waals surface area (Å²) in [6.45, 7) is 0.379. The second-order valence-corrected chi connectivity index (χ2v) is 6.00. The highest BCUT2D eigenvalue weighted by molar-refractivity contribution is 6.30. The van der Waals surface area contributed by atoms with E-state index in [4.69, 9.17) is 11.6 Å². The predicted molar refractivity (Wildman–Crippen MR) is 101 cm³/mol. The Morgan fingerprint density at radius 2 is 1.62 bits per heavy atom. The van der Waals surface area contributed by atoms with E-state index >= 15 is 0 Å². The molecule has 0 aliphatic heterocycles. The number of nitrogens with zero attached hydrogens (tertiary/aromatic N) is 1. The van der Waals surface area contributed by atoms with Crippen LogP contribution in [-0.4, -0.2) is 16.8 Å². The molecule has 0 aliphatic carbocycles. The van der Waals surface area contributed by atoms with Gasteiger partial charge in [-0.25, -0.2) is 4.98 Å². The summed E-state index contributed by atoms with van der Waals surface area (Å²) in [7, 11) is 0. The highest BCUT2D eigenvalue weighted by Crippen LogP contribution is 2.11. The topological polar surface area (TPSA) is 71.1 Å². The van der Waals surface area contributed by atoms with E-state index in [1.807, 2.05) is 18.2 Å². The first kappa shape index (κ1) is 17.6. The van der Waals surface area contributed by atoms with Crippen LogP contribution >= 0.6 is 11.6 Å². The monoisotopic (exact) mass is 365 g/mol. The van der Waals surface area contributed by atoms with Crippen LogP contribution in [0.3, 0.4) is 0 Å². The van der Waals surface area contributed by atoms with Crippen molar-refractivity contribution in [1.29, 1.82) is 0 Å². The lowest BCUT2D eigenvalue weighted by Gasteiger charge is -2.08. The van der Waals surface area contributed by atoms with Crippen LogP contribution in [-0.2, 0) is 6.54 Å². The zero-order valence-corrected chi connectivity index (χ0v) is 14.5. The molecule has 26 heavy (non-hydrogen) atoms. The van der Waals surface area contributed by atoms with Gasteiger partial charge >= 0.3 is 0 Å². The molecule has 0 bridgehead atoms. The Labute approximate surface area is 156 Å². The number of carbonyl (C=O) groups excluding carboxylic acids is 2. The van der Waals surface area contributed by atoms with Gasteiger partial charge in [-0.05, 0) is 42.0 Å². The van der Waals surface area contributed by atoms with Gasteiger partial charge in [-0.15, -0.1) is 0 Å². The summed E-state index contributed by atoms with van der Waals surface area (Å²) in [5, 5.41) is 6.16. The molecular formula is C20H16ClN3O2. The number of amides is 2. The Morgan fingerprint density at radius 1 is 0.885 bits per heavy atom. The van der Waals surface area contributed by atoms with E-state index in [0.29, 0.717) is 28.5 Å². The van der Waals surface area contributed by atoms with E-state index in [9.17, 15) is 9.59 Å². The minimum atomic E-state index is -0.281. The van der Waals surface area contributed by atoms with Gasteiger partial charge in [0.1, 0.15) is 5.82 Å². The summed E-state index contributed by atoms with van der Waals surface area (Å²) in [4.78, 5) is 28.6. The maximum atomic E-state index is 12.3. The molecule has 0 spiro atoms. The molecule has 130 valence electrons. The number of rotatable bonds is 5. The Morgan fingerprint density at radius 3 is 2.35 bits per heavy atom. The molecular weight excluding hydrogens is 350 g/mol. The van der Waals surface area contributed by atoms with Crippen molar-refractivity contribution in [1.82, 2.24) is 10.3 Å². The minimum absolute atomic E-state index is 0.252. The molecule has 3 aromatic rings. The van der Waals surface area contributed by atoms with Gasteiger partial charge in [-0.2, -0.15) is 0 Å². The summed E-state index contributed by atoms with van der Waals surface area (Å²) in [5.41, 5.74) is 1.87. The van der Waals surface area contributed by atoms with Crippen molar-refractivity contribution in [3.8, 4) is 0 Å². The van der Waals surface area contributed by atoms with Gasteiger partial charge in [0.25, 0.3) is 11.8 Å². The average molecular weight is 366 g/mol. The first-order chi connectivity index (χ1) is 12.6. The van der Waals surface area contributed by atoms with Crippen molar-refractivity contribution in [3.63, 3.8) is 0 Å². The summed E-state index contributed by atoms with van der Waals surface area (Å²) in [6.07, 6.45) is 1.48. The summed E-state index contributed by atoms with van der Waals surface area (Å²) >= 11 is 5.84. The van der Waals surface area contributed by atoms with Crippen LogP contribution in [0.15, 0.2) is 72.9 Å². The molecule has 0 aliphatic rings. The van der Waals surface area contributed by atoms with Gasteiger partial charge in [0.05, 0.1) is 0 Å². The Balaban J connectivity index is 1.63. The fourth-order valence-electron chi connectivity index (χ4n) is 2.30. The van der Waals surface area contributed by atoms with E-state index < -0.39 is 0 Å². The fourth-order valence-corrected chi connectivity index (χ4v) is 2.43. The fraction of sp³-hybridized carbons (Fsp3) is 0.0500. The van der Waals surface area contributed by atoms with E-state index in [0.717, 1.165) is 5.56 Å². The van der Waals surface area contributed by atoms with E-state index in [1.54, 1.807) is 42.5 Å². The van der Waals surface area contributed by atoms with Crippen LogP contribution in [0.1, 0.15) is 26.3 Å². The number of hydrogen-bond donors (Lipinski definition) is 2. The number of pyridine rings is 1. The third kappa shape index (κ3) is 4.68. The minimum Gasteiger partial charge on any atom is -0.348 e. The van der Waals surface area contributed by atoms with E-state index in [2.05, 4.69) is 15.6 Å². The number of nitrogens with one attached hydrogen (secondary N) is 2. The highest BCUT2D eigenvalue weighted by atomic mass is 35.5. The van der Waals surface area contributed by atoms with Crippen LogP contribution < -0.4 is 10.6 Å². The van der Waals surface area contributed by atoms with Crippen molar-refractivity contribution >= 4 is 29.2 Å². The molecule has 3 rings (SSSR count). The second kappa shape index (κ2) is 8.27. The molecule has 2 aromatic carbocycles. The number of benzene rings is 2. The molecule has 0 saturated carbocycles. The normalized spacial score (nSPS) is 10.2. The van der Waals surface area contributed by atoms with Crippen molar-refractivity contribution in [2.75, 3.05) is 5.32 Å². The molecule has 1 heterocycles. The van der Waals surface area contributed by atoms with Crippen molar-refractivity contribution in [3.05, 3.63) is 94.6 Å². The number of carbonyl (C=O) groups is 2. The van der Waals surface area contributed by atoms with Gasteiger partial charge in [0.15, 0.2) is 0 Å². The molecule has 0 unspecified atom stereocenters. The first-order valence-electron chi connectivity index (χ1n) is 7.97. The van der Waals surface area contributed by atoms with E-state index in [-0.39, 0.29) is 11.8 Å². The van der Waals surface area contributed by atoms with E-state index in [1.165, 1.54) is 12.3 Å². The predicted octanol–water partition coefficient (Wildman–Crippen LogP) is 3.92. The molecule has 1 aromatic heterocycles. The molecule has 6 heteroatoms. The number of aromatic nitrogens is 1. The van der Waals surface area contributed by atoms with Crippen LogP contribution in [0.4, 0.5) is 5.82 Å². The molecule has 2 amide bonds. The zero-order valence-electron chi connectivity index (χ0n) is 13.8. The maximum Gasteiger partial charge on any atom is 0.256 e. The summed E-state index contributed by atoms with van der Waals surface area (Å²) in [5.74, 6) is -0.215. The molecule has 0 radical (unpaired) electrons. The third-order valence-electron chi connectivity index (χ3n) is 3.67. The van der Waals surface area contributed by atoms with Crippen LogP contribution in [0.5, 0.6) is 0 Å². The smallest absolute Gasteiger partial charge is 0.256 e. The Kier molecular flexibility index (Phi) is 5.61. The van der Waals surface area contributed by atoms with Crippen LogP contribution in [0.2, 0.25) is 5.02 Å². The standard InChI is InChI=1S/C20H16ClN3O2/c21-17-8-6-14(7-9-17)13-23-19(25)16-10-11-22-18(12-16)24-20(26)15-4-2-1-3-5-15/h1-12H,13H2,(H,23,25)(H,22,24,26). The first-order valence-corrected chi connectivity index (χ1v) is 8.35. The quantitative estimate of drug-likeness (QED) is 0.720. The second-order valence-electron chi connectivity index (χ2n) is 5.56. The third-order valence-corrected chi connectivity index (χ3v) is 3.92. The van der Waals surface area contributed by atoms with Crippen LogP contribution in [0, 0.1) is 0 Å². The lowest BCUT2D eigenvalue weighted by molar-refractivity contribution is 0.0949. The Bertz CT molecular complexity index is 912. The molecule has 0 fully saturated rings. The SMILES string of the molecule is O=C(NCc1ccc(Cl)cc1)c1ccnc(NC(=O)c2ccccc2)c1. The van der Waals surface area contributed by atoms with Crippen molar-refractivity contribution in [2.45, 2.75) is 6.54 Å². The largest absolute Gasteiger partial charge is 0.348 e. The number of anilines is 1. The average Bonchev–Trinajstić information content (AvgIpc) is 2.68.